The van der Waals surface area contributed by atoms with Crippen molar-refractivity contribution in [3.05, 3.63) is 77.6 Å². The van der Waals surface area contributed by atoms with E-state index >= 15 is 0 Å². The molecule has 0 radical (unpaired) electrons. The molecule has 7 nitrogen and oxygen atoms in total. The van der Waals surface area contributed by atoms with Crippen LogP contribution < -0.4 is 10.6 Å². The molecule has 2 amide bonds. The first-order valence-electron chi connectivity index (χ1n) is 9.63. The number of amides is 2. The highest BCUT2D eigenvalue weighted by Crippen LogP contribution is 2.31. The number of aromatic nitrogens is 2. The number of benzene rings is 2. The molecule has 0 aliphatic heterocycles. The predicted octanol–water partition coefficient (Wildman–Crippen LogP) is 4.82. The molecule has 2 N–H and O–H groups in total. The van der Waals surface area contributed by atoms with Crippen LogP contribution in [-0.2, 0) is 4.79 Å². The van der Waals surface area contributed by atoms with Crippen molar-refractivity contribution < 1.29 is 14.0 Å². The molecule has 0 saturated heterocycles. The summed E-state index contributed by atoms with van der Waals surface area (Å²) in [7, 11) is 0. The number of nitrogens with zero attached hydrogens (tertiary/aromatic N) is 2. The SMILES string of the molecule is Cc1oc2nc(SCC(=O)Nc3ccccc3)nc(NC(=O)c3ccccc3)c2c1C. The van der Waals surface area contributed by atoms with E-state index in [1.165, 1.54) is 11.8 Å². The van der Waals surface area contributed by atoms with E-state index in [9.17, 15) is 9.59 Å². The van der Waals surface area contributed by atoms with Gasteiger partial charge in [-0.3, -0.25) is 9.59 Å². The Morgan fingerprint density at radius 2 is 1.61 bits per heavy atom. The fraction of sp³-hybridized carbons (Fsp3) is 0.130. The molecule has 0 aliphatic carbocycles. The van der Waals surface area contributed by atoms with Crippen molar-refractivity contribution in [1.82, 2.24) is 9.97 Å². The van der Waals surface area contributed by atoms with Crippen LogP contribution in [0.15, 0.2) is 70.2 Å². The van der Waals surface area contributed by atoms with Gasteiger partial charge in [0.2, 0.25) is 11.6 Å². The van der Waals surface area contributed by atoms with Crippen LogP contribution in [0.2, 0.25) is 0 Å². The van der Waals surface area contributed by atoms with E-state index in [2.05, 4.69) is 20.6 Å². The van der Waals surface area contributed by atoms with Crippen molar-refractivity contribution in [2.45, 2.75) is 19.0 Å². The van der Waals surface area contributed by atoms with Crippen LogP contribution in [0.4, 0.5) is 11.5 Å². The zero-order valence-electron chi connectivity index (χ0n) is 17.0. The van der Waals surface area contributed by atoms with Crippen LogP contribution in [0.3, 0.4) is 0 Å². The zero-order valence-corrected chi connectivity index (χ0v) is 17.8. The Morgan fingerprint density at radius 1 is 0.935 bits per heavy atom. The van der Waals surface area contributed by atoms with Gasteiger partial charge in [-0.2, -0.15) is 4.98 Å². The first kappa shape index (κ1) is 20.6. The van der Waals surface area contributed by atoms with E-state index < -0.39 is 0 Å². The Bertz CT molecular complexity index is 1240. The predicted molar refractivity (Wildman–Crippen MR) is 121 cm³/mol. The van der Waals surface area contributed by atoms with Crippen molar-refractivity contribution in [3.8, 4) is 0 Å². The normalized spacial score (nSPS) is 10.8. The highest BCUT2D eigenvalue weighted by Gasteiger charge is 2.19. The molecule has 0 bridgehead atoms. The second-order valence-electron chi connectivity index (χ2n) is 6.84. The number of thioether (sulfide) groups is 1. The van der Waals surface area contributed by atoms with Gasteiger partial charge in [-0.25, -0.2) is 4.98 Å². The summed E-state index contributed by atoms with van der Waals surface area (Å²) >= 11 is 1.17. The second kappa shape index (κ2) is 9.01. The Balaban J connectivity index is 1.57. The van der Waals surface area contributed by atoms with Crippen molar-refractivity contribution >= 4 is 46.2 Å². The summed E-state index contributed by atoms with van der Waals surface area (Å²) in [6.07, 6.45) is 0. The van der Waals surface area contributed by atoms with Crippen molar-refractivity contribution in [2.75, 3.05) is 16.4 Å². The van der Waals surface area contributed by atoms with Crippen LogP contribution in [0.1, 0.15) is 21.7 Å². The lowest BCUT2D eigenvalue weighted by atomic mass is 10.2. The molecule has 4 rings (SSSR count). The summed E-state index contributed by atoms with van der Waals surface area (Å²) in [6, 6.07) is 18.1. The van der Waals surface area contributed by atoms with Gasteiger partial charge < -0.3 is 15.1 Å². The lowest BCUT2D eigenvalue weighted by molar-refractivity contribution is -0.113. The summed E-state index contributed by atoms with van der Waals surface area (Å²) in [5.41, 5.74) is 2.47. The third-order valence-electron chi connectivity index (χ3n) is 4.67. The average molecular weight is 433 g/mol. The van der Waals surface area contributed by atoms with Gasteiger partial charge in [-0.05, 0) is 38.1 Å². The molecule has 8 heteroatoms. The van der Waals surface area contributed by atoms with Crippen LogP contribution in [0, 0.1) is 13.8 Å². The van der Waals surface area contributed by atoms with E-state index in [1.807, 2.05) is 50.2 Å². The zero-order chi connectivity index (χ0) is 21.8. The van der Waals surface area contributed by atoms with Gasteiger partial charge in [-0.1, -0.05) is 48.2 Å². The summed E-state index contributed by atoms with van der Waals surface area (Å²) in [5, 5.41) is 6.67. The molecule has 0 spiro atoms. The molecule has 2 heterocycles. The molecular weight excluding hydrogens is 412 g/mol. The average Bonchev–Trinajstić information content (AvgIpc) is 3.07. The first-order chi connectivity index (χ1) is 15.0. The third kappa shape index (κ3) is 4.75. The van der Waals surface area contributed by atoms with Crippen LogP contribution in [0.25, 0.3) is 11.1 Å². The van der Waals surface area contributed by atoms with Crippen molar-refractivity contribution in [1.29, 1.82) is 0 Å². The number of carbonyl (C=O) groups excluding carboxylic acids is 2. The number of anilines is 2. The number of furan rings is 1. The van der Waals surface area contributed by atoms with Gasteiger partial charge in [-0.15, -0.1) is 0 Å². The lowest BCUT2D eigenvalue weighted by Crippen LogP contribution is -2.15. The molecule has 4 aromatic rings. The topological polar surface area (TPSA) is 97.1 Å². The largest absolute Gasteiger partial charge is 0.443 e. The maximum atomic E-state index is 12.7. The molecule has 156 valence electrons. The first-order valence-corrected chi connectivity index (χ1v) is 10.6. The third-order valence-corrected chi connectivity index (χ3v) is 5.51. The minimum atomic E-state index is -0.281. The summed E-state index contributed by atoms with van der Waals surface area (Å²) in [6.45, 7) is 3.72. The molecule has 0 unspecified atom stereocenters. The molecule has 0 saturated carbocycles. The van der Waals surface area contributed by atoms with Gasteiger partial charge in [0.05, 0.1) is 11.1 Å². The standard InChI is InChI=1S/C23H20N4O3S/c1-14-15(2)30-22-19(14)20(25-21(29)16-9-5-3-6-10-16)26-23(27-22)31-13-18(28)24-17-11-7-4-8-12-17/h3-12H,13H2,1-2H3,(H,24,28)(H,25,26,27,29). The smallest absolute Gasteiger partial charge is 0.256 e. The van der Waals surface area contributed by atoms with Gasteiger partial charge >= 0.3 is 0 Å². The minimum Gasteiger partial charge on any atom is -0.443 e. The highest BCUT2D eigenvalue weighted by atomic mass is 32.2. The maximum absolute atomic E-state index is 12.7. The number of rotatable bonds is 6. The van der Waals surface area contributed by atoms with Crippen LogP contribution in [-0.4, -0.2) is 27.5 Å². The molecule has 0 aliphatic rings. The second-order valence-corrected chi connectivity index (χ2v) is 7.78. The van der Waals surface area contributed by atoms with E-state index in [-0.39, 0.29) is 17.6 Å². The number of hydrogen-bond donors (Lipinski definition) is 2. The fourth-order valence-corrected chi connectivity index (χ4v) is 3.64. The van der Waals surface area contributed by atoms with E-state index in [0.29, 0.717) is 33.4 Å². The van der Waals surface area contributed by atoms with Gasteiger partial charge in [0, 0.05) is 16.8 Å². The molecule has 0 fully saturated rings. The van der Waals surface area contributed by atoms with E-state index in [1.54, 1.807) is 24.3 Å². The quantitative estimate of drug-likeness (QED) is 0.335. The number of fused-ring (bicyclic) bond motifs is 1. The summed E-state index contributed by atoms with van der Waals surface area (Å²) in [4.78, 5) is 33.9. The van der Waals surface area contributed by atoms with Gasteiger partial charge in [0.15, 0.2) is 5.16 Å². The number of carbonyl (C=O) groups is 2. The van der Waals surface area contributed by atoms with Crippen molar-refractivity contribution in [2.24, 2.45) is 0 Å². The molecule has 2 aromatic carbocycles. The summed E-state index contributed by atoms with van der Waals surface area (Å²) < 4.78 is 5.75. The molecule has 0 atom stereocenters. The van der Waals surface area contributed by atoms with Crippen LogP contribution >= 0.6 is 11.8 Å². The number of para-hydroxylation sites is 1. The minimum absolute atomic E-state index is 0.116. The Hall–Kier alpha value is -3.65. The van der Waals surface area contributed by atoms with E-state index in [0.717, 1.165) is 11.3 Å². The highest BCUT2D eigenvalue weighted by molar-refractivity contribution is 7.99. The molecular formula is C23H20N4O3S. The lowest BCUT2D eigenvalue weighted by Gasteiger charge is -2.08. The van der Waals surface area contributed by atoms with Gasteiger partial charge in [0.25, 0.3) is 5.91 Å². The monoisotopic (exact) mass is 432 g/mol. The van der Waals surface area contributed by atoms with E-state index in [4.69, 9.17) is 4.42 Å². The van der Waals surface area contributed by atoms with Gasteiger partial charge in [0.1, 0.15) is 11.6 Å². The Kier molecular flexibility index (Phi) is 5.99. The fourth-order valence-electron chi connectivity index (χ4n) is 3.00. The summed E-state index contributed by atoms with van der Waals surface area (Å²) in [5.74, 6) is 0.714. The number of aryl methyl sites for hydroxylation is 2. The molecule has 31 heavy (non-hydrogen) atoms. The maximum Gasteiger partial charge on any atom is 0.256 e. The Labute approximate surface area is 183 Å². The van der Waals surface area contributed by atoms with Crippen molar-refractivity contribution in [3.63, 3.8) is 0 Å². The number of nitrogens with one attached hydrogen (secondary N) is 2. The molecule has 2 aromatic heterocycles. The van der Waals surface area contributed by atoms with Crippen LogP contribution in [0.5, 0.6) is 0 Å². The Morgan fingerprint density at radius 3 is 2.32 bits per heavy atom. The number of hydrogen-bond acceptors (Lipinski definition) is 6.